The number of urea groups is 1. The highest BCUT2D eigenvalue weighted by molar-refractivity contribution is 9.10. The van der Waals surface area contributed by atoms with E-state index in [2.05, 4.69) is 26.6 Å². The monoisotopic (exact) mass is 359 g/mol. The normalized spacial score (nSPS) is 11.6. The van der Waals surface area contributed by atoms with Gasteiger partial charge in [0.05, 0.1) is 10.6 Å². The van der Waals surface area contributed by atoms with E-state index < -0.39 is 23.0 Å². The molecule has 8 nitrogen and oxygen atoms in total. The Labute approximate surface area is 128 Å². The third kappa shape index (κ3) is 4.42. The van der Waals surface area contributed by atoms with Crippen molar-refractivity contribution < 1.29 is 19.6 Å². The Morgan fingerprint density at radius 2 is 2.10 bits per heavy atom. The summed E-state index contributed by atoms with van der Waals surface area (Å²) in [6.45, 7) is 3.19. The van der Waals surface area contributed by atoms with E-state index in [0.717, 1.165) is 0 Å². The van der Waals surface area contributed by atoms with Crippen molar-refractivity contribution in [1.29, 1.82) is 0 Å². The SMILES string of the molecule is CC[C@@H](NC(=O)Nc1cc([N+](=O)[O-])c(C)cc1Br)C(=O)O. The predicted octanol–water partition coefficient (Wildman–Crippen LogP) is 2.65. The maximum atomic E-state index is 11.7. The average Bonchev–Trinajstić information content (AvgIpc) is 2.38. The van der Waals surface area contributed by atoms with Gasteiger partial charge in [-0.2, -0.15) is 0 Å². The highest BCUT2D eigenvalue weighted by atomic mass is 79.9. The molecule has 0 fully saturated rings. The van der Waals surface area contributed by atoms with Crippen molar-refractivity contribution in [3.8, 4) is 0 Å². The lowest BCUT2D eigenvalue weighted by atomic mass is 10.2. The van der Waals surface area contributed by atoms with Crippen LogP contribution in [0.1, 0.15) is 18.9 Å². The minimum atomic E-state index is -1.15. The fourth-order valence-corrected chi connectivity index (χ4v) is 2.17. The second kappa shape index (κ2) is 7.02. The number of amides is 2. The maximum absolute atomic E-state index is 11.7. The van der Waals surface area contributed by atoms with Crippen LogP contribution in [-0.4, -0.2) is 28.1 Å². The van der Waals surface area contributed by atoms with Crippen LogP contribution in [-0.2, 0) is 4.79 Å². The number of aryl methyl sites for hydroxylation is 1. The second-order valence-corrected chi connectivity index (χ2v) is 5.13. The first-order chi connectivity index (χ1) is 9.76. The first-order valence-electron chi connectivity index (χ1n) is 6.01. The van der Waals surface area contributed by atoms with Crippen molar-refractivity contribution in [2.45, 2.75) is 26.3 Å². The van der Waals surface area contributed by atoms with Gasteiger partial charge in [-0.15, -0.1) is 0 Å². The molecule has 0 heterocycles. The highest BCUT2D eigenvalue weighted by Crippen LogP contribution is 2.30. The summed E-state index contributed by atoms with van der Waals surface area (Å²) in [6, 6.07) is 0.940. The van der Waals surface area contributed by atoms with Crippen LogP contribution in [0.5, 0.6) is 0 Å². The van der Waals surface area contributed by atoms with Crippen molar-refractivity contribution in [2.24, 2.45) is 0 Å². The van der Waals surface area contributed by atoms with Gasteiger partial charge in [0, 0.05) is 16.1 Å². The molecule has 0 unspecified atom stereocenters. The fourth-order valence-electron chi connectivity index (χ4n) is 1.61. The molecule has 0 aliphatic heterocycles. The molecule has 0 saturated carbocycles. The quantitative estimate of drug-likeness (QED) is 0.550. The summed E-state index contributed by atoms with van der Waals surface area (Å²) < 4.78 is 0.462. The zero-order chi connectivity index (χ0) is 16.2. The van der Waals surface area contributed by atoms with Gasteiger partial charge in [-0.1, -0.05) is 6.92 Å². The highest BCUT2D eigenvalue weighted by Gasteiger charge is 2.19. The molecule has 21 heavy (non-hydrogen) atoms. The van der Waals surface area contributed by atoms with Gasteiger partial charge < -0.3 is 15.7 Å². The van der Waals surface area contributed by atoms with Gasteiger partial charge in [0.25, 0.3) is 5.69 Å². The molecule has 0 spiro atoms. The molecule has 0 aromatic heterocycles. The number of anilines is 1. The molecule has 1 aromatic carbocycles. The predicted molar refractivity (Wildman–Crippen MR) is 79.4 cm³/mol. The number of nitro benzene ring substituents is 1. The van der Waals surface area contributed by atoms with Crippen molar-refractivity contribution in [3.05, 3.63) is 32.3 Å². The molecule has 1 rings (SSSR count). The van der Waals surface area contributed by atoms with E-state index in [1.54, 1.807) is 13.8 Å². The molecule has 9 heteroatoms. The van der Waals surface area contributed by atoms with Gasteiger partial charge in [-0.3, -0.25) is 10.1 Å². The summed E-state index contributed by atoms with van der Waals surface area (Å²) in [6.07, 6.45) is 0.220. The Balaban J connectivity index is 2.92. The molecular formula is C12H14BrN3O5. The molecule has 0 aliphatic rings. The topological polar surface area (TPSA) is 122 Å². The number of aliphatic carboxylic acids is 1. The van der Waals surface area contributed by atoms with Gasteiger partial charge in [0.15, 0.2) is 0 Å². The van der Waals surface area contributed by atoms with E-state index >= 15 is 0 Å². The summed E-state index contributed by atoms with van der Waals surface area (Å²) in [5, 5.41) is 24.4. The van der Waals surface area contributed by atoms with E-state index in [4.69, 9.17) is 5.11 Å². The zero-order valence-corrected chi connectivity index (χ0v) is 12.9. The van der Waals surface area contributed by atoms with Crippen molar-refractivity contribution in [2.75, 3.05) is 5.32 Å². The molecule has 1 atom stereocenters. The van der Waals surface area contributed by atoms with E-state index in [1.165, 1.54) is 12.1 Å². The standard InChI is InChI=1S/C12H14BrN3O5/c1-3-8(11(17)18)14-12(19)15-9-5-10(16(20)21)6(2)4-7(9)13/h4-5,8H,3H2,1-2H3,(H,17,18)(H2,14,15,19)/t8-/m1/s1. The van der Waals surface area contributed by atoms with Crippen molar-refractivity contribution in [1.82, 2.24) is 5.32 Å². The van der Waals surface area contributed by atoms with Crippen LogP contribution in [0.4, 0.5) is 16.2 Å². The minimum absolute atomic E-state index is 0.140. The summed E-state index contributed by atoms with van der Waals surface area (Å²) >= 11 is 3.19. The number of hydrogen-bond acceptors (Lipinski definition) is 4. The van der Waals surface area contributed by atoms with E-state index in [1.807, 2.05) is 0 Å². The van der Waals surface area contributed by atoms with Gasteiger partial charge in [-0.05, 0) is 35.3 Å². The van der Waals surface area contributed by atoms with Crippen LogP contribution in [0.25, 0.3) is 0 Å². The van der Waals surface area contributed by atoms with Crippen molar-refractivity contribution in [3.63, 3.8) is 0 Å². The maximum Gasteiger partial charge on any atom is 0.326 e. The molecule has 1 aromatic rings. The zero-order valence-electron chi connectivity index (χ0n) is 11.3. The lowest BCUT2D eigenvalue weighted by Crippen LogP contribution is -2.42. The van der Waals surface area contributed by atoms with Gasteiger partial charge in [0.2, 0.25) is 0 Å². The van der Waals surface area contributed by atoms with Crippen LogP contribution in [0.15, 0.2) is 16.6 Å². The lowest BCUT2D eigenvalue weighted by molar-refractivity contribution is -0.385. The Kier molecular flexibility index (Phi) is 5.65. The summed E-state index contributed by atoms with van der Waals surface area (Å²) in [4.78, 5) is 32.9. The Bertz CT molecular complexity index is 591. The Morgan fingerprint density at radius 1 is 1.48 bits per heavy atom. The van der Waals surface area contributed by atoms with Gasteiger partial charge >= 0.3 is 12.0 Å². The largest absolute Gasteiger partial charge is 0.480 e. The number of nitrogens with zero attached hydrogens (tertiary/aromatic N) is 1. The number of carboxylic acids is 1. The molecule has 3 N–H and O–H groups in total. The first kappa shape index (κ1) is 16.9. The van der Waals surface area contributed by atoms with Crippen molar-refractivity contribution >= 4 is 39.3 Å². The molecular weight excluding hydrogens is 346 g/mol. The summed E-state index contributed by atoms with van der Waals surface area (Å²) in [5.41, 5.74) is 0.485. The summed E-state index contributed by atoms with van der Waals surface area (Å²) in [7, 11) is 0. The third-order valence-corrected chi connectivity index (χ3v) is 3.40. The Hall–Kier alpha value is -2.16. The molecule has 114 valence electrons. The second-order valence-electron chi connectivity index (χ2n) is 4.27. The number of carbonyl (C=O) groups is 2. The average molecular weight is 360 g/mol. The fraction of sp³-hybridized carbons (Fsp3) is 0.333. The number of rotatable bonds is 5. The summed E-state index contributed by atoms with van der Waals surface area (Å²) in [5.74, 6) is -1.15. The molecule has 0 saturated heterocycles. The minimum Gasteiger partial charge on any atom is -0.480 e. The smallest absolute Gasteiger partial charge is 0.326 e. The van der Waals surface area contributed by atoms with Gasteiger partial charge in [-0.25, -0.2) is 9.59 Å². The molecule has 0 aliphatic carbocycles. The molecule has 0 radical (unpaired) electrons. The number of benzene rings is 1. The van der Waals surface area contributed by atoms with E-state index in [9.17, 15) is 19.7 Å². The van der Waals surface area contributed by atoms with Crippen LogP contribution in [0.3, 0.4) is 0 Å². The van der Waals surface area contributed by atoms with E-state index in [-0.39, 0.29) is 17.8 Å². The van der Waals surface area contributed by atoms with Crippen LogP contribution in [0, 0.1) is 17.0 Å². The number of hydrogen-bond donors (Lipinski definition) is 3. The van der Waals surface area contributed by atoms with Crippen LogP contribution < -0.4 is 10.6 Å². The lowest BCUT2D eigenvalue weighted by Gasteiger charge is -2.14. The molecule has 2 amide bonds. The number of nitrogens with one attached hydrogen (secondary N) is 2. The van der Waals surface area contributed by atoms with E-state index in [0.29, 0.717) is 10.0 Å². The first-order valence-corrected chi connectivity index (χ1v) is 6.80. The molecule has 0 bridgehead atoms. The third-order valence-electron chi connectivity index (χ3n) is 2.74. The van der Waals surface area contributed by atoms with Crippen LogP contribution >= 0.6 is 15.9 Å². The number of carbonyl (C=O) groups excluding carboxylic acids is 1. The number of nitro groups is 1. The van der Waals surface area contributed by atoms with Gasteiger partial charge in [0.1, 0.15) is 6.04 Å². The van der Waals surface area contributed by atoms with Crippen LogP contribution in [0.2, 0.25) is 0 Å². The number of halogens is 1. The number of carboxylic acid groups (broad SMARTS) is 1. The Morgan fingerprint density at radius 3 is 2.57 bits per heavy atom.